The van der Waals surface area contributed by atoms with E-state index in [9.17, 15) is 4.79 Å². The van der Waals surface area contributed by atoms with Gasteiger partial charge in [-0.25, -0.2) is 9.97 Å². The lowest BCUT2D eigenvalue weighted by Gasteiger charge is -2.36. The number of carbonyl (C=O) groups is 1. The zero-order valence-electron chi connectivity index (χ0n) is 13.1. The molecule has 0 unspecified atom stereocenters. The van der Waals surface area contributed by atoms with Crippen LogP contribution in [0.15, 0.2) is 6.07 Å². The molecule has 3 heterocycles. The van der Waals surface area contributed by atoms with Gasteiger partial charge in [-0.05, 0) is 39.0 Å². The first kappa shape index (κ1) is 15.5. The molecule has 1 amide bonds. The SMILES string of the molecule is Cc1nc(Cl)cc(N2CCC(C(=O)N3CCCCC3)CC2)n1. The number of nitrogens with zero attached hydrogens (tertiary/aromatic N) is 4. The smallest absolute Gasteiger partial charge is 0.225 e. The second-order valence-electron chi connectivity index (χ2n) is 6.24. The Morgan fingerprint density at radius 3 is 2.45 bits per heavy atom. The number of rotatable bonds is 2. The third-order valence-corrected chi connectivity index (χ3v) is 4.82. The molecule has 1 aromatic rings. The molecule has 2 fully saturated rings. The molecule has 2 aliphatic heterocycles. The summed E-state index contributed by atoms with van der Waals surface area (Å²) in [7, 11) is 0. The number of hydrogen-bond acceptors (Lipinski definition) is 4. The molecule has 3 rings (SSSR count). The summed E-state index contributed by atoms with van der Waals surface area (Å²) in [4.78, 5) is 25.4. The van der Waals surface area contributed by atoms with Gasteiger partial charge in [0.15, 0.2) is 0 Å². The topological polar surface area (TPSA) is 49.3 Å². The fourth-order valence-electron chi connectivity index (χ4n) is 3.41. The summed E-state index contributed by atoms with van der Waals surface area (Å²) in [5.41, 5.74) is 0. The van der Waals surface area contributed by atoms with Gasteiger partial charge in [-0.3, -0.25) is 4.79 Å². The minimum absolute atomic E-state index is 0.174. The zero-order chi connectivity index (χ0) is 15.5. The molecular formula is C16H23ClN4O. The number of amides is 1. The van der Waals surface area contributed by atoms with Crippen molar-refractivity contribution in [1.29, 1.82) is 0 Å². The van der Waals surface area contributed by atoms with E-state index < -0.39 is 0 Å². The number of carbonyl (C=O) groups excluding carboxylic acids is 1. The van der Waals surface area contributed by atoms with Crippen LogP contribution in [0, 0.1) is 12.8 Å². The van der Waals surface area contributed by atoms with Gasteiger partial charge in [-0.2, -0.15) is 0 Å². The summed E-state index contributed by atoms with van der Waals surface area (Å²) < 4.78 is 0. The molecule has 5 nitrogen and oxygen atoms in total. The largest absolute Gasteiger partial charge is 0.356 e. The quantitative estimate of drug-likeness (QED) is 0.785. The fourth-order valence-corrected chi connectivity index (χ4v) is 3.63. The standard InChI is InChI=1S/C16H23ClN4O/c1-12-18-14(17)11-15(19-12)20-9-5-13(6-10-20)16(22)21-7-3-2-4-8-21/h11,13H,2-10H2,1H3. The van der Waals surface area contributed by atoms with E-state index in [-0.39, 0.29) is 5.92 Å². The summed E-state index contributed by atoms with van der Waals surface area (Å²) >= 11 is 6.01. The highest BCUT2D eigenvalue weighted by atomic mass is 35.5. The number of aromatic nitrogens is 2. The van der Waals surface area contributed by atoms with Gasteiger partial charge in [-0.1, -0.05) is 11.6 Å². The van der Waals surface area contributed by atoms with Gasteiger partial charge >= 0.3 is 0 Å². The Labute approximate surface area is 136 Å². The van der Waals surface area contributed by atoms with Crippen molar-refractivity contribution in [1.82, 2.24) is 14.9 Å². The van der Waals surface area contributed by atoms with Crippen LogP contribution in [0.2, 0.25) is 5.15 Å². The van der Waals surface area contributed by atoms with E-state index in [0.717, 1.165) is 57.7 Å². The molecule has 120 valence electrons. The number of aryl methyl sites for hydroxylation is 1. The van der Waals surface area contributed by atoms with Crippen LogP contribution in [0.25, 0.3) is 0 Å². The highest BCUT2D eigenvalue weighted by Crippen LogP contribution is 2.25. The minimum Gasteiger partial charge on any atom is -0.356 e. The maximum absolute atomic E-state index is 12.6. The number of halogens is 1. The highest BCUT2D eigenvalue weighted by Gasteiger charge is 2.29. The lowest BCUT2D eigenvalue weighted by Crippen LogP contribution is -2.44. The normalized spacial score (nSPS) is 20.3. The van der Waals surface area contributed by atoms with Gasteiger partial charge in [-0.15, -0.1) is 0 Å². The maximum atomic E-state index is 12.6. The van der Waals surface area contributed by atoms with Crippen molar-refractivity contribution in [2.75, 3.05) is 31.1 Å². The molecule has 6 heteroatoms. The third-order valence-electron chi connectivity index (χ3n) is 4.63. The van der Waals surface area contributed by atoms with Crippen LogP contribution in [0.1, 0.15) is 37.9 Å². The summed E-state index contributed by atoms with van der Waals surface area (Å²) in [6, 6.07) is 1.81. The van der Waals surface area contributed by atoms with Crippen molar-refractivity contribution in [2.24, 2.45) is 5.92 Å². The van der Waals surface area contributed by atoms with Gasteiger partial charge in [0, 0.05) is 38.2 Å². The van der Waals surface area contributed by atoms with Crippen LogP contribution in [0.5, 0.6) is 0 Å². The predicted molar refractivity (Wildman–Crippen MR) is 87.1 cm³/mol. The molecule has 0 saturated carbocycles. The third kappa shape index (κ3) is 3.51. The van der Waals surface area contributed by atoms with Crippen LogP contribution >= 0.6 is 11.6 Å². The van der Waals surface area contributed by atoms with Crippen LogP contribution in [-0.2, 0) is 4.79 Å². The number of hydrogen-bond donors (Lipinski definition) is 0. The van der Waals surface area contributed by atoms with Crippen LogP contribution < -0.4 is 4.90 Å². The molecule has 0 aromatic carbocycles. The zero-order valence-corrected chi connectivity index (χ0v) is 13.8. The molecule has 0 aliphatic carbocycles. The van der Waals surface area contributed by atoms with Gasteiger partial charge in [0.1, 0.15) is 16.8 Å². The van der Waals surface area contributed by atoms with Gasteiger partial charge in [0.05, 0.1) is 0 Å². The van der Waals surface area contributed by atoms with Gasteiger partial charge in [0.25, 0.3) is 0 Å². The van der Waals surface area contributed by atoms with E-state index in [2.05, 4.69) is 19.8 Å². The first-order valence-corrected chi connectivity index (χ1v) is 8.56. The lowest BCUT2D eigenvalue weighted by atomic mass is 9.94. The summed E-state index contributed by atoms with van der Waals surface area (Å²) in [5.74, 6) is 2.10. The van der Waals surface area contributed by atoms with Gasteiger partial charge in [0.2, 0.25) is 5.91 Å². The van der Waals surface area contributed by atoms with Crippen molar-refractivity contribution in [3.05, 3.63) is 17.0 Å². The molecule has 2 saturated heterocycles. The maximum Gasteiger partial charge on any atom is 0.225 e. The Kier molecular flexibility index (Phi) is 4.81. The van der Waals surface area contributed by atoms with E-state index in [1.54, 1.807) is 6.07 Å². The van der Waals surface area contributed by atoms with E-state index in [4.69, 9.17) is 11.6 Å². The molecule has 1 aromatic heterocycles. The summed E-state index contributed by atoms with van der Waals surface area (Å²) in [6.45, 7) is 5.45. The second kappa shape index (κ2) is 6.82. The van der Waals surface area contributed by atoms with E-state index >= 15 is 0 Å². The number of likely N-dealkylation sites (tertiary alicyclic amines) is 1. The molecule has 0 atom stereocenters. The molecule has 0 spiro atoms. The Bertz CT molecular complexity index is 517. The van der Waals surface area contributed by atoms with Gasteiger partial charge < -0.3 is 9.80 Å². The van der Waals surface area contributed by atoms with E-state index in [0.29, 0.717) is 16.9 Å². The molecule has 2 aliphatic rings. The second-order valence-corrected chi connectivity index (χ2v) is 6.63. The average molecular weight is 323 g/mol. The fraction of sp³-hybridized carbons (Fsp3) is 0.688. The molecule has 0 N–H and O–H groups in total. The first-order valence-electron chi connectivity index (χ1n) is 8.18. The van der Waals surface area contributed by atoms with E-state index in [1.807, 2.05) is 6.92 Å². The average Bonchev–Trinajstić information content (AvgIpc) is 2.54. The Balaban J connectivity index is 1.58. The Hall–Kier alpha value is -1.36. The van der Waals surface area contributed by atoms with Crippen molar-refractivity contribution in [2.45, 2.75) is 39.0 Å². The highest BCUT2D eigenvalue weighted by molar-refractivity contribution is 6.29. The van der Waals surface area contributed by atoms with Crippen LogP contribution in [-0.4, -0.2) is 47.0 Å². The van der Waals surface area contributed by atoms with E-state index in [1.165, 1.54) is 6.42 Å². The predicted octanol–water partition coefficient (Wildman–Crippen LogP) is 2.67. The van der Waals surface area contributed by atoms with Crippen LogP contribution in [0.4, 0.5) is 5.82 Å². The minimum atomic E-state index is 0.174. The van der Waals surface area contributed by atoms with Crippen molar-refractivity contribution in [3.8, 4) is 0 Å². The van der Waals surface area contributed by atoms with Crippen molar-refractivity contribution in [3.63, 3.8) is 0 Å². The molecule has 0 bridgehead atoms. The molecular weight excluding hydrogens is 300 g/mol. The molecule has 0 radical (unpaired) electrons. The lowest BCUT2D eigenvalue weighted by molar-refractivity contribution is -0.137. The molecule has 22 heavy (non-hydrogen) atoms. The Morgan fingerprint density at radius 1 is 1.14 bits per heavy atom. The summed E-state index contributed by atoms with van der Waals surface area (Å²) in [6.07, 6.45) is 5.37. The number of anilines is 1. The van der Waals surface area contributed by atoms with Crippen LogP contribution in [0.3, 0.4) is 0 Å². The van der Waals surface area contributed by atoms with Crippen molar-refractivity contribution < 1.29 is 4.79 Å². The summed E-state index contributed by atoms with van der Waals surface area (Å²) in [5, 5.41) is 0.481. The monoisotopic (exact) mass is 322 g/mol. The first-order chi connectivity index (χ1) is 10.6. The number of piperidine rings is 2. The van der Waals surface area contributed by atoms with Crippen molar-refractivity contribution >= 4 is 23.3 Å². The Morgan fingerprint density at radius 2 is 1.82 bits per heavy atom.